The second-order valence-corrected chi connectivity index (χ2v) is 3.57. The highest BCUT2D eigenvalue weighted by molar-refractivity contribution is 6.28. The number of rotatable bonds is 1. The van der Waals surface area contributed by atoms with Gasteiger partial charge in [0.1, 0.15) is 0 Å². The smallest absolute Gasteiger partial charge is 0.320 e. The highest BCUT2D eigenvalue weighted by Crippen LogP contribution is 2.24. The molecule has 1 unspecified atom stereocenters. The number of amides is 1. The lowest BCUT2D eigenvalue weighted by atomic mass is 9.86. The van der Waals surface area contributed by atoms with E-state index in [1.165, 1.54) is 6.08 Å². The van der Waals surface area contributed by atoms with Crippen molar-refractivity contribution in [3.05, 3.63) is 11.6 Å². The summed E-state index contributed by atoms with van der Waals surface area (Å²) in [4.78, 5) is 37.1. The zero-order valence-corrected chi connectivity index (χ0v) is 7.90. The summed E-state index contributed by atoms with van der Waals surface area (Å²) in [6, 6.07) is 0. The lowest BCUT2D eigenvalue weighted by molar-refractivity contribution is -0.143. The zero-order valence-electron chi connectivity index (χ0n) is 7.90. The molecule has 1 aliphatic carbocycles. The summed E-state index contributed by atoms with van der Waals surface area (Å²) < 4.78 is 0. The maximum absolute atomic E-state index is 11.4. The third-order valence-electron chi connectivity index (χ3n) is 2.54. The molecule has 1 N–H and O–H groups in total. The van der Waals surface area contributed by atoms with Gasteiger partial charge in [0.15, 0.2) is 11.7 Å². The molecule has 0 saturated heterocycles. The summed E-state index contributed by atoms with van der Waals surface area (Å²) in [5.41, 5.74) is 0.780. The Balaban J connectivity index is 2.40. The Labute approximate surface area is 85.5 Å². The van der Waals surface area contributed by atoms with Gasteiger partial charge >= 0.3 is 5.97 Å². The van der Waals surface area contributed by atoms with Crippen LogP contribution in [-0.4, -0.2) is 28.5 Å². The van der Waals surface area contributed by atoms with Gasteiger partial charge in [0, 0.05) is 12.0 Å². The second-order valence-electron chi connectivity index (χ2n) is 3.57. The first-order valence-corrected chi connectivity index (χ1v) is 4.69. The van der Waals surface area contributed by atoms with Crippen molar-refractivity contribution in [1.82, 2.24) is 0 Å². The van der Waals surface area contributed by atoms with Crippen LogP contribution in [-0.2, 0) is 14.4 Å². The molecule has 0 radical (unpaired) electrons. The molecule has 0 bridgehead atoms. The van der Waals surface area contributed by atoms with Gasteiger partial charge in [0.2, 0.25) is 0 Å². The van der Waals surface area contributed by atoms with Crippen LogP contribution >= 0.6 is 0 Å². The molecule has 1 aliphatic heterocycles. The molecule has 1 saturated carbocycles. The molecule has 0 spiro atoms. The van der Waals surface area contributed by atoms with E-state index in [1.54, 1.807) is 0 Å². The topological polar surface area (TPSA) is 83.8 Å². The number of carboxylic acids is 1. The Morgan fingerprint density at radius 2 is 2.13 bits per heavy atom. The summed E-state index contributed by atoms with van der Waals surface area (Å²) >= 11 is 0. The molecule has 1 fully saturated rings. The van der Waals surface area contributed by atoms with Gasteiger partial charge in [-0.3, -0.25) is 14.4 Å². The van der Waals surface area contributed by atoms with Crippen molar-refractivity contribution in [3.8, 4) is 0 Å². The normalized spacial score (nSPS) is 25.5. The van der Waals surface area contributed by atoms with Crippen molar-refractivity contribution in [2.75, 3.05) is 0 Å². The molecular weight excluding hydrogens is 198 g/mol. The monoisotopic (exact) mass is 207 g/mol. The molecule has 0 aromatic rings. The first kappa shape index (κ1) is 9.76. The number of Topliss-reactive ketones (excluding diaryl/α,β-unsaturated/α-hetero) is 1. The first-order chi connectivity index (χ1) is 7.09. The van der Waals surface area contributed by atoms with Crippen LogP contribution in [0.1, 0.15) is 19.3 Å². The third kappa shape index (κ3) is 1.60. The summed E-state index contributed by atoms with van der Waals surface area (Å²) in [6.45, 7) is 0. The van der Waals surface area contributed by atoms with Gasteiger partial charge in [-0.25, -0.2) is 4.99 Å². The van der Waals surface area contributed by atoms with Crippen molar-refractivity contribution < 1.29 is 19.5 Å². The van der Waals surface area contributed by atoms with Crippen LogP contribution in [0, 0.1) is 5.92 Å². The molecule has 1 heterocycles. The van der Waals surface area contributed by atoms with Gasteiger partial charge in [0.05, 0.1) is 5.71 Å². The first-order valence-electron chi connectivity index (χ1n) is 4.69. The number of fused-ring (bicyclic) bond motifs is 1. The van der Waals surface area contributed by atoms with Gasteiger partial charge in [0.25, 0.3) is 5.91 Å². The van der Waals surface area contributed by atoms with Crippen LogP contribution in [0.5, 0.6) is 0 Å². The molecule has 2 rings (SSSR count). The number of dihydropyridines is 1. The van der Waals surface area contributed by atoms with E-state index in [0.29, 0.717) is 30.5 Å². The van der Waals surface area contributed by atoms with Crippen LogP contribution in [0.3, 0.4) is 0 Å². The van der Waals surface area contributed by atoms with E-state index < -0.39 is 17.8 Å². The van der Waals surface area contributed by atoms with Crippen molar-refractivity contribution in [2.24, 2.45) is 10.9 Å². The minimum absolute atomic E-state index is 0.112. The van der Waals surface area contributed by atoms with Crippen LogP contribution in [0.4, 0.5) is 0 Å². The Bertz CT molecular complexity index is 419. The van der Waals surface area contributed by atoms with Crippen molar-refractivity contribution in [2.45, 2.75) is 19.3 Å². The fraction of sp³-hybridized carbons (Fsp3) is 0.400. The number of allylic oxidation sites excluding steroid dienone is 1. The Kier molecular flexibility index (Phi) is 2.22. The minimum Gasteiger partial charge on any atom is -0.480 e. The number of carboxylic acid groups (broad SMARTS) is 1. The van der Waals surface area contributed by atoms with Crippen molar-refractivity contribution in [3.63, 3.8) is 0 Å². The molecule has 0 aromatic carbocycles. The minimum atomic E-state index is -1.29. The van der Waals surface area contributed by atoms with E-state index in [2.05, 4.69) is 4.99 Å². The molecule has 1 atom stereocenters. The van der Waals surface area contributed by atoms with Crippen molar-refractivity contribution in [1.29, 1.82) is 0 Å². The molecule has 78 valence electrons. The van der Waals surface area contributed by atoms with Gasteiger partial charge < -0.3 is 5.11 Å². The predicted octanol–water partition coefficient (Wildman–Crippen LogP) is 0.348. The summed E-state index contributed by atoms with van der Waals surface area (Å²) in [7, 11) is 0. The maximum atomic E-state index is 11.4. The predicted molar refractivity (Wildman–Crippen MR) is 50.5 cm³/mol. The third-order valence-corrected chi connectivity index (χ3v) is 2.54. The SMILES string of the molecule is O=C1CCCC2=NC(=O)C(C(=O)O)C=C12. The standard InChI is InChI=1S/C10H9NO4/c12-8-3-1-2-7-5(8)4-6(10(14)15)9(13)11-7/h4,6H,1-3H2,(H,14,15). The number of carbonyl (C=O) groups is 3. The number of nitrogens with zero attached hydrogens (tertiary/aromatic N) is 1. The molecule has 5 heteroatoms. The van der Waals surface area contributed by atoms with Crippen molar-refractivity contribution >= 4 is 23.4 Å². The van der Waals surface area contributed by atoms with E-state index in [4.69, 9.17) is 5.11 Å². The molecule has 15 heavy (non-hydrogen) atoms. The fourth-order valence-corrected chi connectivity index (χ4v) is 1.77. The van der Waals surface area contributed by atoms with Crippen LogP contribution in [0.15, 0.2) is 16.6 Å². The molecular formula is C10H9NO4. The summed E-state index contributed by atoms with van der Waals surface area (Å²) in [5.74, 6) is -3.34. The molecule has 5 nitrogen and oxygen atoms in total. The number of aliphatic carboxylic acids is 1. The van der Waals surface area contributed by atoms with Gasteiger partial charge in [-0.2, -0.15) is 0 Å². The zero-order chi connectivity index (χ0) is 11.0. The fourth-order valence-electron chi connectivity index (χ4n) is 1.77. The lowest BCUT2D eigenvalue weighted by Crippen LogP contribution is -2.31. The van der Waals surface area contributed by atoms with Crippen LogP contribution in [0.25, 0.3) is 0 Å². The Hall–Kier alpha value is -1.78. The largest absolute Gasteiger partial charge is 0.480 e. The van der Waals surface area contributed by atoms with E-state index in [-0.39, 0.29) is 5.78 Å². The number of ketones is 1. The van der Waals surface area contributed by atoms with E-state index in [1.807, 2.05) is 0 Å². The van der Waals surface area contributed by atoms with Crippen LogP contribution < -0.4 is 0 Å². The number of carbonyl (C=O) groups excluding carboxylic acids is 2. The highest BCUT2D eigenvalue weighted by Gasteiger charge is 2.33. The molecule has 0 aromatic heterocycles. The highest BCUT2D eigenvalue weighted by atomic mass is 16.4. The Morgan fingerprint density at radius 1 is 1.40 bits per heavy atom. The quantitative estimate of drug-likeness (QED) is 0.628. The molecule has 1 amide bonds. The number of aliphatic imine (C=N–C) groups is 1. The van der Waals surface area contributed by atoms with Crippen LogP contribution in [0.2, 0.25) is 0 Å². The second kappa shape index (κ2) is 3.42. The van der Waals surface area contributed by atoms with Gasteiger partial charge in [-0.1, -0.05) is 0 Å². The Morgan fingerprint density at radius 3 is 2.80 bits per heavy atom. The van der Waals surface area contributed by atoms with Gasteiger partial charge in [-0.15, -0.1) is 0 Å². The maximum Gasteiger partial charge on any atom is 0.320 e. The average Bonchev–Trinajstić information content (AvgIpc) is 2.16. The van der Waals surface area contributed by atoms with E-state index in [0.717, 1.165) is 0 Å². The number of hydrogen-bond acceptors (Lipinski definition) is 3. The number of hydrogen-bond donors (Lipinski definition) is 1. The van der Waals surface area contributed by atoms with E-state index >= 15 is 0 Å². The molecule has 2 aliphatic rings. The van der Waals surface area contributed by atoms with Gasteiger partial charge in [-0.05, 0) is 18.9 Å². The average molecular weight is 207 g/mol. The summed E-state index contributed by atoms with van der Waals surface area (Å²) in [6.07, 6.45) is 2.90. The summed E-state index contributed by atoms with van der Waals surface area (Å²) in [5, 5.41) is 8.74. The lowest BCUT2D eigenvalue weighted by Gasteiger charge is -2.20. The van der Waals surface area contributed by atoms with E-state index in [9.17, 15) is 14.4 Å².